The van der Waals surface area contributed by atoms with Crippen molar-refractivity contribution in [1.29, 1.82) is 0 Å². The van der Waals surface area contributed by atoms with Crippen molar-refractivity contribution in [2.75, 3.05) is 26.2 Å². The van der Waals surface area contributed by atoms with Crippen molar-refractivity contribution in [2.45, 2.75) is 12.0 Å². The summed E-state index contributed by atoms with van der Waals surface area (Å²) >= 11 is 0. The van der Waals surface area contributed by atoms with Crippen LogP contribution in [-0.2, 0) is 9.59 Å². The van der Waals surface area contributed by atoms with Gasteiger partial charge in [0.25, 0.3) is 0 Å². The minimum atomic E-state index is -0.891. The van der Waals surface area contributed by atoms with Crippen molar-refractivity contribution >= 4 is 11.9 Å². The number of rotatable bonds is 5. The van der Waals surface area contributed by atoms with Crippen molar-refractivity contribution in [3.63, 3.8) is 0 Å². The molecule has 0 bridgehead atoms. The smallest absolute Gasteiger partial charge is 0.312 e. The van der Waals surface area contributed by atoms with E-state index in [1.54, 1.807) is 12.1 Å². The van der Waals surface area contributed by atoms with E-state index in [1.165, 1.54) is 0 Å². The summed E-state index contributed by atoms with van der Waals surface area (Å²) in [6, 6.07) is 8.61. The summed E-state index contributed by atoms with van der Waals surface area (Å²) in [6.07, 6.45) is 0. The van der Waals surface area contributed by atoms with Crippen molar-refractivity contribution in [1.82, 2.24) is 10.2 Å². The van der Waals surface area contributed by atoms with Crippen LogP contribution in [0.3, 0.4) is 0 Å². The number of nitrogens with one attached hydrogen (secondary N) is 1. The van der Waals surface area contributed by atoms with E-state index in [2.05, 4.69) is 5.32 Å². The first-order valence-corrected chi connectivity index (χ1v) is 6.61. The van der Waals surface area contributed by atoms with E-state index >= 15 is 0 Å². The van der Waals surface area contributed by atoms with Gasteiger partial charge < -0.3 is 16.2 Å². The number of piperazine rings is 1. The van der Waals surface area contributed by atoms with Gasteiger partial charge in [0.2, 0.25) is 5.91 Å². The molecule has 1 aromatic carbocycles. The molecular formula is C14H19N3O3. The van der Waals surface area contributed by atoms with Crippen LogP contribution in [0.1, 0.15) is 11.5 Å². The molecule has 108 valence electrons. The van der Waals surface area contributed by atoms with E-state index in [9.17, 15) is 14.7 Å². The molecule has 1 aliphatic rings. The van der Waals surface area contributed by atoms with Crippen LogP contribution in [0, 0.1) is 0 Å². The number of primary amides is 1. The fourth-order valence-corrected chi connectivity index (χ4v) is 2.49. The average molecular weight is 277 g/mol. The van der Waals surface area contributed by atoms with Crippen molar-refractivity contribution < 1.29 is 14.7 Å². The largest absolute Gasteiger partial charge is 0.481 e. The molecule has 6 heteroatoms. The zero-order valence-electron chi connectivity index (χ0n) is 11.2. The SMILES string of the molecule is NC(=O)C1CNCCN1CC(C(=O)O)c1ccccc1. The Kier molecular flexibility index (Phi) is 4.70. The second-order valence-electron chi connectivity index (χ2n) is 4.92. The van der Waals surface area contributed by atoms with Crippen LogP contribution in [0.5, 0.6) is 0 Å². The van der Waals surface area contributed by atoms with E-state index in [4.69, 9.17) is 5.73 Å². The summed E-state index contributed by atoms with van der Waals surface area (Å²) in [5.41, 5.74) is 6.12. The predicted octanol–water partition coefficient (Wildman–Crippen LogP) is -0.386. The molecule has 2 rings (SSSR count). The predicted molar refractivity (Wildman–Crippen MR) is 74.2 cm³/mol. The van der Waals surface area contributed by atoms with Gasteiger partial charge in [0, 0.05) is 26.2 Å². The molecule has 6 nitrogen and oxygen atoms in total. The molecule has 2 atom stereocenters. The van der Waals surface area contributed by atoms with Gasteiger partial charge in [-0.1, -0.05) is 30.3 Å². The summed E-state index contributed by atoms with van der Waals surface area (Å²) in [5.74, 6) is -1.97. The van der Waals surface area contributed by atoms with Crippen LogP contribution in [0.15, 0.2) is 30.3 Å². The van der Waals surface area contributed by atoms with Gasteiger partial charge in [-0.3, -0.25) is 14.5 Å². The second-order valence-corrected chi connectivity index (χ2v) is 4.92. The highest BCUT2D eigenvalue weighted by Gasteiger charge is 2.31. The molecule has 1 saturated heterocycles. The van der Waals surface area contributed by atoms with Gasteiger partial charge in [-0.05, 0) is 5.56 Å². The van der Waals surface area contributed by atoms with Gasteiger partial charge in [0.15, 0.2) is 0 Å². The van der Waals surface area contributed by atoms with Crippen LogP contribution in [0.25, 0.3) is 0 Å². The number of aliphatic carboxylic acids is 1. The highest BCUT2D eigenvalue weighted by Crippen LogP contribution is 2.19. The maximum Gasteiger partial charge on any atom is 0.312 e. The molecule has 2 unspecified atom stereocenters. The first-order chi connectivity index (χ1) is 9.59. The third kappa shape index (κ3) is 3.34. The van der Waals surface area contributed by atoms with Crippen LogP contribution < -0.4 is 11.1 Å². The van der Waals surface area contributed by atoms with Crippen LogP contribution >= 0.6 is 0 Å². The number of benzene rings is 1. The second kappa shape index (κ2) is 6.49. The molecule has 20 heavy (non-hydrogen) atoms. The van der Waals surface area contributed by atoms with Crippen LogP contribution in [0.4, 0.5) is 0 Å². The minimum absolute atomic E-state index is 0.286. The molecule has 1 aromatic rings. The molecule has 0 spiro atoms. The quantitative estimate of drug-likeness (QED) is 0.681. The van der Waals surface area contributed by atoms with Crippen molar-refractivity contribution in [3.8, 4) is 0 Å². The van der Waals surface area contributed by atoms with Crippen molar-refractivity contribution in [2.24, 2.45) is 5.73 Å². The highest BCUT2D eigenvalue weighted by atomic mass is 16.4. The Morgan fingerprint density at radius 1 is 1.40 bits per heavy atom. The van der Waals surface area contributed by atoms with Crippen molar-refractivity contribution in [3.05, 3.63) is 35.9 Å². The number of nitrogens with zero attached hydrogens (tertiary/aromatic N) is 1. The summed E-state index contributed by atoms with van der Waals surface area (Å²) in [5, 5.41) is 12.5. The summed E-state index contributed by atoms with van der Waals surface area (Å²) in [4.78, 5) is 24.8. The Morgan fingerprint density at radius 2 is 2.10 bits per heavy atom. The molecule has 1 aliphatic heterocycles. The minimum Gasteiger partial charge on any atom is -0.481 e. The van der Waals surface area contributed by atoms with Crippen LogP contribution in [0.2, 0.25) is 0 Å². The first-order valence-electron chi connectivity index (χ1n) is 6.61. The van der Waals surface area contributed by atoms with E-state index in [-0.39, 0.29) is 6.54 Å². The zero-order chi connectivity index (χ0) is 14.5. The Bertz CT molecular complexity index is 478. The number of amides is 1. The summed E-state index contributed by atoms with van der Waals surface area (Å²) in [7, 11) is 0. The monoisotopic (exact) mass is 277 g/mol. The molecular weight excluding hydrogens is 258 g/mol. The number of carbonyl (C=O) groups is 2. The highest BCUT2D eigenvalue weighted by molar-refractivity contribution is 5.81. The molecule has 4 N–H and O–H groups in total. The Morgan fingerprint density at radius 3 is 2.70 bits per heavy atom. The Hall–Kier alpha value is -1.92. The molecule has 0 aromatic heterocycles. The molecule has 0 saturated carbocycles. The Labute approximate surface area is 117 Å². The van der Waals surface area contributed by atoms with E-state index < -0.39 is 23.8 Å². The van der Waals surface area contributed by atoms with E-state index in [0.29, 0.717) is 13.1 Å². The Balaban J connectivity index is 2.15. The zero-order valence-corrected chi connectivity index (χ0v) is 11.2. The van der Waals surface area contributed by atoms with Gasteiger partial charge in [-0.2, -0.15) is 0 Å². The number of carbonyl (C=O) groups excluding carboxylic acids is 1. The van der Waals surface area contributed by atoms with Gasteiger partial charge in [-0.25, -0.2) is 0 Å². The number of carboxylic acids is 1. The fraction of sp³-hybridized carbons (Fsp3) is 0.429. The molecule has 1 heterocycles. The van der Waals surface area contributed by atoms with E-state index in [1.807, 2.05) is 23.1 Å². The lowest BCUT2D eigenvalue weighted by Gasteiger charge is -2.35. The number of carboxylic acid groups (broad SMARTS) is 1. The number of hydrogen-bond acceptors (Lipinski definition) is 4. The lowest BCUT2D eigenvalue weighted by molar-refractivity contribution is -0.140. The molecule has 0 radical (unpaired) electrons. The normalized spacial score (nSPS) is 21.3. The standard InChI is InChI=1S/C14H19N3O3/c15-13(18)12-8-16-6-7-17(12)9-11(14(19)20)10-4-2-1-3-5-10/h1-5,11-12,16H,6-9H2,(H2,15,18)(H,19,20). The molecule has 1 fully saturated rings. The topological polar surface area (TPSA) is 95.7 Å². The molecule has 1 amide bonds. The van der Waals surface area contributed by atoms with Gasteiger partial charge in [0.1, 0.15) is 6.04 Å². The first kappa shape index (κ1) is 14.5. The number of nitrogens with two attached hydrogens (primary N) is 1. The third-order valence-electron chi connectivity index (χ3n) is 3.60. The third-order valence-corrected chi connectivity index (χ3v) is 3.60. The lowest BCUT2D eigenvalue weighted by atomic mass is 9.97. The maximum absolute atomic E-state index is 11.5. The maximum atomic E-state index is 11.5. The number of hydrogen-bond donors (Lipinski definition) is 3. The lowest BCUT2D eigenvalue weighted by Crippen LogP contribution is -2.57. The summed E-state index contributed by atoms with van der Waals surface area (Å²) < 4.78 is 0. The van der Waals surface area contributed by atoms with Gasteiger partial charge in [-0.15, -0.1) is 0 Å². The summed E-state index contributed by atoms with van der Waals surface area (Å²) in [6.45, 7) is 2.10. The van der Waals surface area contributed by atoms with Gasteiger partial charge in [0.05, 0.1) is 5.92 Å². The van der Waals surface area contributed by atoms with Crippen LogP contribution in [-0.4, -0.2) is 54.1 Å². The van der Waals surface area contributed by atoms with E-state index in [0.717, 1.165) is 12.1 Å². The fourth-order valence-electron chi connectivity index (χ4n) is 2.49. The molecule has 0 aliphatic carbocycles. The average Bonchev–Trinajstić information content (AvgIpc) is 2.45. The van der Waals surface area contributed by atoms with Gasteiger partial charge >= 0.3 is 5.97 Å².